The van der Waals surface area contributed by atoms with Crippen molar-refractivity contribution in [3.05, 3.63) is 0 Å². The average molecular weight is 217 g/mol. The molecule has 0 spiro atoms. The van der Waals surface area contributed by atoms with E-state index in [1.807, 2.05) is 0 Å². The molecule has 0 atom stereocenters. The zero-order valence-corrected chi connectivity index (χ0v) is 10.9. The van der Waals surface area contributed by atoms with Crippen LogP contribution in [-0.4, -0.2) is 13.6 Å². The van der Waals surface area contributed by atoms with E-state index in [4.69, 9.17) is 11.6 Å². The first kappa shape index (κ1) is 13.1. The third-order valence-corrected chi connectivity index (χ3v) is 5.44. The number of unbranched alkanes of at least 4 members (excludes halogenated alkanes) is 4. The summed E-state index contributed by atoms with van der Waals surface area (Å²) in [6.45, 7) is 6.67. The van der Waals surface area contributed by atoms with E-state index < -0.39 is 8.07 Å². The van der Waals surface area contributed by atoms with Gasteiger partial charge in [0, 0.05) is 11.9 Å². The van der Waals surface area contributed by atoms with Gasteiger partial charge in [0.2, 0.25) is 0 Å². The Morgan fingerprint density at radius 1 is 1.15 bits per heavy atom. The van der Waals surface area contributed by atoms with Crippen molar-refractivity contribution in [2.75, 3.05) is 5.50 Å². The van der Waals surface area contributed by atoms with E-state index in [0.29, 0.717) is 0 Å². The largest absolute Gasteiger partial charge is 0.146 e. The molecule has 0 saturated heterocycles. The highest BCUT2D eigenvalue weighted by Crippen LogP contribution is 2.04. The molecule has 2 heteroatoms. The van der Waals surface area contributed by atoms with E-state index in [1.54, 1.807) is 0 Å². The van der Waals surface area contributed by atoms with Gasteiger partial charge in [0.1, 0.15) is 8.07 Å². The van der Waals surface area contributed by atoms with Crippen molar-refractivity contribution in [3.63, 3.8) is 0 Å². The molecular formula is C11H21ClSi. The molecule has 13 heavy (non-hydrogen) atoms. The molecule has 0 N–H and O–H groups in total. The highest BCUT2D eigenvalue weighted by atomic mass is 35.5. The molecule has 0 rings (SSSR count). The third kappa shape index (κ3) is 8.40. The van der Waals surface area contributed by atoms with Gasteiger partial charge in [0.15, 0.2) is 0 Å². The van der Waals surface area contributed by atoms with Crippen molar-refractivity contribution in [2.24, 2.45) is 0 Å². The Morgan fingerprint density at radius 2 is 1.85 bits per heavy atom. The standard InChI is InChI=1S/C11H21ClSi/c1-4-5-6-7-8-9-10-13(2,3)11-12/h4-8,11H2,1-3H3. The first-order valence-electron chi connectivity index (χ1n) is 5.18. The molecule has 76 valence electrons. The predicted octanol–water partition coefficient (Wildman–Crippen LogP) is 3.99. The van der Waals surface area contributed by atoms with Gasteiger partial charge in [0.05, 0.1) is 0 Å². The molecule has 0 aliphatic carbocycles. The van der Waals surface area contributed by atoms with Crippen molar-refractivity contribution in [3.8, 4) is 11.5 Å². The summed E-state index contributed by atoms with van der Waals surface area (Å²) >= 11 is 5.81. The Labute approximate surface area is 89.1 Å². The molecule has 0 fully saturated rings. The molecule has 0 heterocycles. The van der Waals surface area contributed by atoms with E-state index in [0.717, 1.165) is 11.9 Å². The first-order chi connectivity index (χ1) is 6.12. The molecule has 0 bridgehead atoms. The molecule has 0 saturated carbocycles. The van der Waals surface area contributed by atoms with Gasteiger partial charge in [-0.2, -0.15) is 0 Å². The van der Waals surface area contributed by atoms with Gasteiger partial charge in [-0.1, -0.05) is 39.3 Å². The molecule has 0 aromatic rings. The van der Waals surface area contributed by atoms with Crippen molar-refractivity contribution in [2.45, 2.75) is 52.1 Å². The topological polar surface area (TPSA) is 0 Å². The quantitative estimate of drug-likeness (QED) is 0.282. The Morgan fingerprint density at radius 3 is 2.38 bits per heavy atom. The molecule has 0 radical (unpaired) electrons. The fraction of sp³-hybridized carbons (Fsp3) is 0.818. The highest BCUT2D eigenvalue weighted by molar-refractivity contribution is 6.89. The summed E-state index contributed by atoms with van der Waals surface area (Å²) in [5.74, 6) is 3.26. The van der Waals surface area contributed by atoms with Crippen LogP contribution in [-0.2, 0) is 0 Å². The molecule has 0 aliphatic rings. The summed E-state index contributed by atoms with van der Waals surface area (Å²) in [5.41, 5.74) is 4.10. The van der Waals surface area contributed by atoms with Crippen LogP contribution < -0.4 is 0 Å². The molecule has 0 nitrogen and oxygen atoms in total. The summed E-state index contributed by atoms with van der Waals surface area (Å²) in [5, 5.41) is 0. The lowest BCUT2D eigenvalue weighted by molar-refractivity contribution is 0.680. The van der Waals surface area contributed by atoms with E-state index >= 15 is 0 Å². The van der Waals surface area contributed by atoms with Crippen LogP contribution in [0.4, 0.5) is 0 Å². The Hall–Kier alpha value is 0.0669. The second-order valence-electron chi connectivity index (χ2n) is 4.13. The Balaban J connectivity index is 3.50. The normalized spacial score (nSPS) is 10.8. The van der Waals surface area contributed by atoms with Crippen LogP contribution in [0.2, 0.25) is 13.1 Å². The van der Waals surface area contributed by atoms with E-state index in [-0.39, 0.29) is 0 Å². The van der Waals surface area contributed by atoms with Gasteiger partial charge < -0.3 is 0 Å². The summed E-state index contributed by atoms with van der Waals surface area (Å²) in [6, 6.07) is 0. The zero-order chi connectivity index (χ0) is 10.2. The summed E-state index contributed by atoms with van der Waals surface area (Å²) in [6.07, 6.45) is 6.29. The van der Waals surface area contributed by atoms with E-state index in [1.165, 1.54) is 25.7 Å². The van der Waals surface area contributed by atoms with Crippen LogP contribution in [0.25, 0.3) is 0 Å². The molecule has 0 unspecified atom stereocenters. The van der Waals surface area contributed by atoms with Crippen LogP contribution in [0.5, 0.6) is 0 Å². The minimum Gasteiger partial charge on any atom is -0.131 e. The van der Waals surface area contributed by atoms with E-state index in [9.17, 15) is 0 Å². The van der Waals surface area contributed by atoms with Crippen LogP contribution in [0.1, 0.15) is 39.0 Å². The van der Waals surface area contributed by atoms with Crippen molar-refractivity contribution in [1.29, 1.82) is 0 Å². The van der Waals surface area contributed by atoms with Crippen LogP contribution in [0.3, 0.4) is 0 Å². The molecule has 0 amide bonds. The maximum atomic E-state index is 5.81. The lowest BCUT2D eigenvalue weighted by Crippen LogP contribution is -2.26. The van der Waals surface area contributed by atoms with Gasteiger partial charge in [-0.25, -0.2) is 0 Å². The molecular weight excluding hydrogens is 196 g/mol. The molecule has 0 aromatic heterocycles. The summed E-state index contributed by atoms with van der Waals surface area (Å²) in [4.78, 5) is 0. The lowest BCUT2D eigenvalue weighted by atomic mass is 10.2. The van der Waals surface area contributed by atoms with Gasteiger partial charge in [-0.05, 0) is 6.42 Å². The zero-order valence-electron chi connectivity index (χ0n) is 9.12. The second kappa shape index (κ2) is 7.47. The number of alkyl halides is 1. The van der Waals surface area contributed by atoms with E-state index in [2.05, 4.69) is 31.5 Å². The fourth-order valence-electron chi connectivity index (χ4n) is 0.975. The van der Waals surface area contributed by atoms with Crippen LogP contribution in [0.15, 0.2) is 0 Å². The van der Waals surface area contributed by atoms with Gasteiger partial charge in [-0.3, -0.25) is 0 Å². The minimum absolute atomic E-state index is 0.759. The predicted molar refractivity (Wildman–Crippen MR) is 64.7 cm³/mol. The number of rotatable bonds is 5. The summed E-state index contributed by atoms with van der Waals surface area (Å²) in [7, 11) is -1.34. The van der Waals surface area contributed by atoms with Crippen molar-refractivity contribution < 1.29 is 0 Å². The molecule has 0 aromatic carbocycles. The number of hydrogen-bond acceptors (Lipinski definition) is 0. The van der Waals surface area contributed by atoms with Gasteiger partial charge >= 0.3 is 0 Å². The maximum Gasteiger partial charge on any atom is 0.146 e. The van der Waals surface area contributed by atoms with Gasteiger partial charge in [-0.15, -0.1) is 23.1 Å². The average Bonchev–Trinajstić information content (AvgIpc) is 2.11. The summed E-state index contributed by atoms with van der Waals surface area (Å²) < 4.78 is 0. The third-order valence-electron chi connectivity index (χ3n) is 1.92. The maximum absolute atomic E-state index is 5.81. The fourth-order valence-corrected chi connectivity index (χ4v) is 1.85. The number of hydrogen-bond donors (Lipinski definition) is 0. The first-order valence-corrected chi connectivity index (χ1v) is 8.92. The monoisotopic (exact) mass is 216 g/mol. The highest BCUT2D eigenvalue weighted by Gasteiger charge is 2.14. The lowest BCUT2D eigenvalue weighted by Gasteiger charge is -2.07. The number of halogens is 1. The minimum atomic E-state index is -1.34. The Kier molecular flexibility index (Phi) is 7.51. The Bertz CT molecular complexity index is 176. The van der Waals surface area contributed by atoms with Crippen molar-refractivity contribution in [1.82, 2.24) is 0 Å². The van der Waals surface area contributed by atoms with Crippen LogP contribution >= 0.6 is 11.6 Å². The van der Waals surface area contributed by atoms with Gasteiger partial charge in [0.25, 0.3) is 0 Å². The smallest absolute Gasteiger partial charge is 0.131 e. The SMILES string of the molecule is CCCCCCC#C[Si](C)(C)CCl. The van der Waals surface area contributed by atoms with Crippen LogP contribution in [0, 0.1) is 11.5 Å². The van der Waals surface area contributed by atoms with Crippen molar-refractivity contribution >= 4 is 19.7 Å². The second-order valence-corrected chi connectivity index (χ2v) is 9.22. The molecule has 0 aliphatic heterocycles.